The summed E-state index contributed by atoms with van der Waals surface area (Å²) in [5, 5.41) is 0. The molecule has 5 aromatic rings. The summed E-state index contributed by atoms with van der Waals surface area (Å²) in [6, 6.07) is 45.7. The zero-order valence-electron chi connectivity index (χ0n) is 70.7. The second-order valence-corrected chi connectivity index (χ2v) is 26.9. The number of hydrogen-bond donors (Lipinski definition) is 0. The molecule has 0 N–H and O–H groups in total. The minimum absolute atomic E-state index is 0.211. The van der Waals surface area contributed by atoms with Crippen LogP contribution in [0.2, 0.25) is 0 Å². The minimum Gasteiger partial charge on any atom is -0.469 e. The van der Waals surface area contributed by atoms with Crippen LogP contribution in [-0.4, -0.2) is 289 Å². The first-order chi connectivity index (χ1) is 50.4. The van der Waals surface area contributed by atoms with E-state index in [1.807, 2.05) is 91.0 Å². The molecule has 0 fully saturated rings. The van der Waals surface area contributed by atoms with Crippen LogP contribution in [0.4, 0.5) is 0 Å². The third-order valence-corrected chi connectivity index (χ3v) is 16.2. The number of methoxy groups -OCH3 is 5. The van der Waals surface area contributed by atoms with E-state index >= 15 is 0 Å². The number of quaternary nitrogens is 5. The summed E-state index contributed by atoms with van der Waals surface area (Å²) in [4.78, 5) is 68.2. The van der Waals surface area contributed by atoms with Gasteiger partial charge in [0.1, 0.15) is 65.8 Å². The Bertz CT molecular complexity index is 2750. The van der Waals surface area contributed by atoms with Crippen LogP contribution in [0.15, 0.2) is 152 Å². The number of likely N-dealkylation sites (N-methyl/N-ethyl adjacent to an activating group) is 5. The van der Waals surface area contributed by atoms with Crippen LogP contribution >= 0.6 is 0 Å². The molecule has 0 aliphatic rings. The first kappa shape index (κ1) is 107. The molecule has 0 bridgehead atoms. The SMILES string of the molecule is CCCC[N+](CC)(CCC)CCOC(=O)c1ccccc1.CCC[N+](CC)(CCC)CCOC(=O)c1ccccc1.CC[N+](CC)(CC)CCOC(=O)c1ccccc1.COC.COC.COC.COC.COC(C)=O.C[N+](C)(C)CCOC(=O)c1ccccc1.C[N+](C)(C)CCOC(=O)c1ccccc1. The van der Waals surface area contributed by atoms with Gasteiger partial charge in [-0.2, -0.15) is 0 Å². The molecule has 21 heteroatoms. The van der Waals surface area contributed by atoms with Crippen LogP contribution in [0, 0.1) is 0 Å². The van der Waals surface area contributed by atoms with Gasteiger partial charge in [0.15, 0.2) is 0 Å². The average Bonchev–Trinajstić information content (AvgIpc) is 0.856. The van der Waals surface area contributed by atoms with E-state index in [1.165, 1.54) is 59.2 Å². The van der Waals surface area contributed by atoms with Crippen molar-refractivity contribution >= 4 is 35.8 Å². The largest absolute Gasteiger partial charge is 0.469 e. The fraction of sp³-hybridized carbons (Fsp3) is 0.576. The number of carbonyl (C=O) groups excluding carboxylic acids is 6. The zero-order chi connectivity index (χ0) is 81.6. The number of unbranched alkanes of at least 4 members (excludes halogenated alkanes) is 1. The van der Waals surface area contributed by atoms with Gasteiger partial charge >= 0.3 is 35.8 Å². The molecule has 21 nitrogen and oxygen atoms in total. The van der Waals surface area contributed by atoms with Crippen LogP contribution in [0.1, 0.15) is 153 Å². The molecule has 0 spiro atoms. The molecule has 106 heavy (non-hydrogen) atoms. The van der Waals surface area contributed by atoms with Crippen LogP contribution in [0.3, 0.4) is 0 Å². The molecule has 0 saturated heterocycles. The first-order valence-corrected chi connectivity index (χ1v) is 37.3. The minimum atomic E-state index is -0.246. The van der Waals surface area contributed by atoms with E-state index in [2.05, 4.69) is 128 Å². The fourth-order valence-corrected chi connectivity index (χ4v) is 9.79. The van der Waals surface area contributed by atoms with Crippen molar-refractivity contribution in [1.29, 1.82) is 0 Å². The van der Waals surface area contributed by atoms with Crippen molar-refractivity contribution in [1.82, 2.24) is 0 Å². The van der Waals surface area contributed by atoms with Gasteiger partial charge in [0.05, 0.1) is 136 Å². The van der Waals surface area contributed by atoms with Crippen molar-refractivity contribution in [3.05, 3.63) is 179 Å². The molecule has 5 rings (SSSR count). The summed E-state index contributed by atoms with van der Waals surface area (Å²) in [6.07, 6.45) is 5.96. The maximum absolute atomic E-state index is 12.0. The number of hydrogen-bond acceptors (Lipinski definition) is 16. The highest BCUT2D eigenvalue weighted by atomic mass is 16.6. The highest BCUT2D eigenvalue weighted by Crippen LogP contribution is 2.14. The molecule has 0 aliphatic heterocycles. The number of nitrogens with zero attached hydrogens (tertiary/aromatic N) is 5. The summed E-state index contributed by atoms with van der Waals surface area (Å²) < 4.78 is 52.3. The molecule has 0 aliphatic carbocycles. The van der Waals surface area contributed by atoms with Crippen LogP contribution in [0.5, 0.6) is 0 Å². The van der Waals surface area contributed by atoms with Crippen molar-refractivity contribution in [2.75, 3.05) is 231 Å². The Morgan fingerprint density at radius 2 is 0.443 bits per heavy atom. The predicted molar refractivity (Wildman–Crippen MR) is 432 cm³/mol. The van der Waals surface area contributed by atoms with Crippen molar-refractivity contribution in [3.63, 3.8) is 0 Å². The monoisotopic (exact) mass is 1500 g/mol. The summed E-state index contributed by atoms with van der Waals surface area (Å²) >= 11 is 0. The van der Waals surface area contributed by atoms with Crippen LogP contribution < -0.4 is 0 Å². The van der Waals surface area contributed by atoms with Crippen molar-refractivity contribution in [2.45, 2.75) is 101 Å². The van der Waals surface area contributed by atoms with E-state index in [-0.39, 0.29) is 35.8 Å². The van der Waals surface area contributed by atoms with Crippen molar-refractivity contribution < 1.29 is 98.6 Å². The van der Waals surface area contributed by atoms with Gasteiger partial charge in [-0.15, -0.1) is 0 Å². The molecular formula is C85H148N5O16+5. The first-order valence-electron chi connectivity index (χ1n) is 37.3. The lowest BCUT2D eigenvalue weighted by Crippen LogP contribution is -2.51. The Labute approximate surface area is 643 Å². The summed E-state index contributed by atoms with van der Waals surface area (Å²) in [5.41, 5.74) is 3.11. The molecule has 0 radical (unpaired) electrons. The van der Waals surface area contributed by atoms with E-state index in [4.69, 9.17) is 23.7 Å². The maximum atomic E-state index is 12.0. The van der Waals surface area contributed by atoms with E-state index in [0.717, 1.165) is 101 Å². The van der Waals surface area contributed by atoms with Gasteiger partial charge < -0.3 is 69.8 Å². The Morgan fingerprint density at radius 1 is 0.264 bits per heavy atom. The van der Waals surface area contributed by atoms with Crippen LogP contribution in [-0.2, 0) is 52.2 Å². The lowest BCUT2D eigenvalue weighted by atomic mass is 10.2. The standard InChI is InChI=1S/C18H30NO2.C17H28NO2.C15H24NO2.2C12H18NO2.C3H6O2.4C2H6O/c1-4-7-14-19(6-3,13-5-2)15-16-21-18(20)17-11-9-8-10-12-17;1-4-12-18(6-3,13-5-2)14-15-20-17(19)16-10-8-7-9-11-16;1-4-16(5-2,6-3)12-13-18-15(17)14-10-8-7-9-11-14;2*1-13(2,3)9-10-15-12(14)11-7-5-4-6-8-11;1-3(4)5-2;4*1-3-2/h8-12H,4-7,13-16H2,1-3H3;7-11H,4-6,12-15H2,1-3H3;7-11H,4-6,12-13H2,1-3H3;2*4-8H,9-10H2,1-3H3;1-2H3;4*1-2H3/q5*+1;;;;;. The summed E-state index contributed by atoms with van der Waals surface area (Å²) in [7, 11) is 26.7. The number of rotatable bonds is 34. The third kappa shape index (κ3) is 59.7. The van der Waals surface area contributed by atoms with Gasteiger partial charge in [-0.3, -0.25) is 4.79 Å². The Balaban J connectivity index is -0.000000381. The molecular weight excluding hydrogens is 1350 g/mol. The topological polar surface area (TPSA) is 195 Å². The number of esters is 6. The second-order valence-electron chi connectivity index (χ2n) is 26.9. The number of benzene rings is 5. The third-order valence-electron chi connectivity index (χ3n) is 16.2. The number of ether oxygens (including phenoxy) is 10. The summed E-state index contributed by atoms with van der Waals surface area (Å²) in [5.74, 6) is -1.39. The van der Waals surface area contributed by atoms with Gasteiger partial charge in [0.25, 0.3) is 0 Å². The molecule has 0 heterocycles. The van der Waals surface area contributed by atoms with E-state index in [0.29, 0.717) is 60.9 Å². The highest BCUT2D eigenvalue weighted by Gasteiger charge is 2.26. The average molecular weight is 1500 g/mol. The predicted octanol–water partition coefficient (Wildman–Crippen LogP) is 14.4. The molecule has 1 unspecified atom stereocenters. The Morgan fingerprint density at radius 3 is 0.604 bits per heavy atom. The Kier molecular flexibility index (Phi) is 70.1. The van der Waals surface area contributed by atoms with Gasteiger partial charge in [0.2, 0.25) is 0 Å². The molecule has 604 valence electrons. The lowest BCUT2D eigenvalue weighted by molar-refractivity contribution is -0.926. The van der Waals surface area contributed by atoms with Gasteiger partial charge in [-0.25, -0.2) is 24.0 Å². The highest BCUT2D eigenvalue weighted by molar-refractivity contribution is 5.91. The van der Waals surface area contributed by atoms with E-state index < -0.39 is 0 Å². The van der Waals surface area contributed by atoms with Crippen molar-refractivity contribution in [2.24, 2.45) is 0 Å². The molecule has 0 amide bonds. The number of carbonyl (C=O) groups is 6. The molecule has 0 saturated carbocycles. The molecule has 5 aromatic carbocycles. The van der Waals surface area contributed by atoms with Gasteiger partial charge in [-0.05, 0) is 121 Å². The fourth-order valence-electron chi connectivity index (χ4n) is 9.79. The lowest BCUT2D eigenvalue weighted by Gasteiger charge is -2.37. The summed E-state index contributed by atoms with van der Waals surface area (Å²) in [6.45, 7) is 38.2. The molecule has 0 aromatic heterocycles. The smallest absolute Gasteiger partial charge is 0.338 e. The molecule has 1 atom stereocenters. The van der Waals surface area contributed by atoms with Crippen LogP contribution in [0.25, 0.3) is 0 Å². The Hall–Kier alpha value is -7.44. The zero-order valence-corrected chi connectivity index (χ0v) is 70.7. The van der Waals surface area contributed by atoms with E-state index in [9.17, 15) is 28.8 Å². The second kappa shape index (κ2) is 69.3. The van der Waals surface area contributed by atoms with Crippen molar-refractivity contribution in [3.8, 4) is 0 Å². The van der Waals surface area contributed by atoms with Gasteiger partial charge in [0, 0.05) is 63.8 Å². The van der Waals surface area contributed by atoms with E-state index in [1.54, 1.807) is 118 Å². The van der Waals surface area contributed by atoms with Gasteiger partial charge in [-0.1, -0.05) is 125 Å². The maximum Gasteiger partial charge on any atom is 0.338 e. The quantitative estimate of drug-likeness (QED) is 0.0214. The normalized spacial score (nSPS) is 10.9.